The van der Waals surface area contributed by atoms with Crippen LogP contribution in [0.3, 0.4) is 0 Å². The van der Waals surface area contributed by atoms with Crippen LogP contribution in [0.25, 0.3) is 0 Å². The van der Waals surface area contributed by atoms with Gasteiger partial charge in [0.2, 0.25) is 5.91 Å². The topological polar surface area (TPSA) is 113 Å². The zero-order valence-corrected chi connectivity index (χ0v) is 20.0. The molecule has 186 valence electrons. The highest BCUT2D eigenvalue weighted by Crippen LogP contribution is 2.74. The van der Waals surface area contributed by atoms with Crippen LogP contribution < -0.4 is 20.7 Å². The molecule has 9 heteroatoms. The van der Waals surface area contributed by atoms with Gasteiger partial charge in [-0.3, -0.25) is 4.79 Å². The van der Waals surface area contributed by atoms with Crippen LogP contribution in [0.1, 0.15) is 30.9 Å². The third-order valence-corrected chi connectivity index (χ3v) is 6.99. The number of aliphatic hydroxyl groups is 1. The summed E-state index contributed by atoms with van der Waals surface area (Å²) in [6, 6.07) is 5.76. The first kappa shape index (κ1) is 23.6. The molecule has 36 heavy (non-hydrogen) atoms. The number of ether oxygens (including phenoxy) is 1. The molecule has 4 N–H and O–H groups in total. The number of rotatable bonds is 7. The third kappa shape index (κ3) is 4.44. The van der Waals surface area contributed by atoms with Gasteiger partial charge in [0.05, 0.1) is 5.54 Å². The number of allylic oxidation sites excluding steroid dienone is 4. The van der Waals surface area contributed by atoms with Gasteiger partial charge in [0.1, 0.15) is 28.9 Å². The van der Waals surface area contributed by atoms with Gasteiger partial charge >= 0.3 is 6.03 Å². The summed E-state index contributed by atoms with van der Waals surface area (Å²) in [6.07, 6.45) is 6.48. The number of aryl methyl sites for hydroxylation is 1. The number of aliphatic hydroxyl groups excluding tert-OH is 1. The summed E-state index contributed by atoms with van der Waals surface area (Å²) in [6.45, 7) is 7.43. The number of fused-ring (bicyclic) bond motifs is 2. The van der Waals surface area contributed by atoms with Gasteiger partial charge in [-0.15, -0.1) is 0 Å². The van der Waals surface area contributed by atoms with Crippen molar-refractivity contribution in [3.63, 3.8) is 0 Å². The highest BCUT2D eigenvalue weighted by Gasteiger charge is 2.80. The SMILES string of the molecule is C=C(/C(O)=C\C=C(/C)Oc1ccnc2c1CCC(=O)N2)[C@@H]1[C@@H]2C[C@@]12NC(=O)Nc1ccc(F)c(C)c1. The minimum Gasteiger partial charge on any atom is -0.508 e. The maximum Gasteiger partial charge on any atom is 0.319 e. The Morgan fingerprint density at radius 1 is 1.33 bits per heavy atom. The van der Waals surface area contributed by atoms with E-state index >= 15 is 0 Å². The fourth-order valence-corrected chi connectivity index (χ4v) is 4.80. The van der Waals surface area contributed by atoms with Crippen molar-refractivity contribution in [2.24, 2.45) is 11.8 Å². The molecule has 0 spiro atoms. The van der Waals surface area contributed by atoms with Crippen LogP contribution in [0.4, 0.5) is 20.7 Å². The van der Waals surface area contributed by atoms with Gasteiger partial charge in [-0.05, 0) is 80.2 Å². The highest BCUT2D eigenvalue weighted by atomic mass is 19.1. The van der Waals surface area contributed by atoms with E-state index < -0.39 is 5.54 Å². The molecule has 0 bridgehead atoms. The van der Waals surface area contributed by atoms with E-state index in [4.69, 9.17) is 4.74 Å². The van der Waals surface area contributed by atoms with Crippen molar-refractivity contribution in [3.05, 3.63) is 83.2 Å². The van der Waals surface area contributed by atoms with Crippen molar-refractivity contribution in [1.29, 1.82) is 0 Å². The number of carbonyl (C=O) groups excluding carboxylic acids is 2. The van der Waals surface area contributed by atoms with Crippen LogP contribution in [-0.4, -0.2) is 27.6 Å². The number of benzene rings is 1. The highest BCUT2D eigenvalue weighted by molar-refractivity contribution is 5.93. The lowest BCUT2D eigenvalue weighted by atomic mass is 10.0. The van der Waals surface area contributed by atoms with Gasteiger partial charge in [-0.1, -0.05) is 6.58 Å². The largest absolute Gasteiger partial charge is 0.508 e. The molecule has 0 saturated heterocycles. The second kappa shape index (κ2) is 8.82. The Balaban J connectivity index is 1.18. The molecule has 2 aromatic rings. The average molecular weight is 491 g/mol. The van der Waals surface area contributed by atoms with Crippen LogP contribution in [0, 0.1) is 24.6 Å². The number of aromatic nitrogens is 1. The molecule has 2 heterocycles. The summed E-state index contributed by atoms with van der Waals surface area (Å²) in [5.74, 6) is 1.48. The number of hydrogen-bond acceptors (Lipinski definition) is 5. The predicted molar refractivity (Wildman–Crippen MR) is 133 cm³/mol. The molecule has 2 fully saturated rings. The number of hydrogen-bond donors (Lipinski definition) is 4. The molecule has 1 aromatic carbocycles. The zero-order chi connectivity index (χ0) is 25.6. The Bertz CT molecular complexity index is 1350. The second-order valence-electron chi connectivity index (χ2n) is 9.51. The number of anilines is 2. The summed E-state index contributed by atoms with van der Waals surface area (Å²) in [4.78, 5) is 28.2. The van der Waals surface area contributed by atoms with E-state index in [1.54, 1.807) is 38.3 Å². The van der Waals surface area contributed by atoms with Crippen molar-refractivity contribution >= 4 is 23.4 Å². The van der Waals surface area contributed by atoms with Gasteiger partial charge in [0, 0.05) is 29.8 Å². The van der Waals surface area contributed by atoms with Crippen molar-refractivity contribution < 1.29 is 23.8 Å². The minimum atomic E-state index is -0.395. The van der Waals surface area contributed by atoms with E-state index in [1.807, 2.05) is 0 Å². The molecule has 2 saturated carbocycles. The number of nitrogens with one attached hydrogen (secondary N) is 3. The molecule has 5 rings (SSSR count). The lowest BCUT2D eigenvalue weighted by Gasteiger charge is -2.19. The zero-order valence-electron chi connectivity index (χ0n) is 20.0. The van der Waals surface area contributed by atoms with Crippen LogP contribution in [0.15, 0.2) is 66.3 Å². The number of carbonyl (C=O) groups is 2. The Morgan fingerprint density at radius 3 is 2.89 bits per heavy atom. The van der Waals surface area contributed by atoms with Crippen LogP contribution in [-0.2, 0) is 11.2 Å². The molecule has 0 radical (unpaired) electrons. The van der Waals surface area contributed by atoms with Crippen molar-refractivity contribution in [1.82, 2.24) is 10.3 Å². The van der Waals surface area contributed by atoms with E-state index in [2.05, 4.69) is 27.5 Å². The number of amides is 3. The van der Waals surface area contributed by atoms with E-state index in [9.17, 15) is 19.1 Å². The molecule has 1 aromatic heterocycles. The molecular formula is C27H27FN4O4. The molecular weight excluding hydrogens is 463 g/mol. The van der Waals surface area contributed by atoms with Crippen LogP contribution in [0.2, 0.25) is 0 Å². The smallest absolute Gasteiger partial charge is 0.319 e. The third-order valence-electron chi connectivity index (χ3n) is 6.99. The molecule has 3 amide bonds. The predicted octanol–water partition coefficient (Wildman–Crippen LogP) is 4.90. The first-order valence-corrected chi connectivity index (χ1v) is 11.8. The average Bonchev–Trinajstić information content (AvgIpc) is 3.69. The minimum absolute atomic E-state index is 0.0231. The lowest BCUT2D eigenvalue weighted by molar-refractivity contribution is -0.116. The molecule has 0 unspecified atom stereocenters. The van der Waals surface area contributed by atoms with Gasteiger partial charge in [0.25, 0.3) is 0 Å². The quantitative estimate of drug-likeness (QED) is 0.326. The van der Waals surface area contributed by atoms with Crippen molar-refractivity contribution in [2.75, 3.05) is 10.6 Å². The lowest BCUT2D eigenvalue weighted by Crippen LogP contribution is -2.37. The number of nitrogens with zero attached hydrogens (tertiary/aromatic N) is 1. The fourth-order valence-electron chi connectivity index (χ4n) is 4.80. The normalized spacial score (nSPS) is 24.1. The van der Waals surface area contributed by atoms with E-state index in [-0.39, 0.29) is 35.4 Å². The Labute approximate surface area is 208 Å². The fraction of sp³-hybridized carbons (Fsp3) is 0.296. The maximum absolute atomic E-state index is 13.4. The van der Waals surface area contributed by atoms with Crippen LogP contribution >= 0.6 is 0 Å². The van der Waals surface area contributed by atoms with Crippen molar-refractivity contribution in [3.8, 4) is 5.75 Å². The van der Waals surface area contributed by atoms with Gasteiger partial charge in [-0.25, -0.2) is 14.2 Å². The second-order valence-corrected chi connectivity index (χ2v) is 9.51. The van der Waals surface area contributed by atoms with Gasteiger partial charge < -0.3 is 25.8 Å². The first-order chi connectivity index (χ1) is 17.2. The first-order valence-electron chi connectivity index (χ1n) is 11.8. The summed E-state index contributed by atoms with van der Waals surface area (Å²) < 4.78 is 19.4. The van der Waals surface area contributed by atoms with E-state index in [0.717, 1.165) is 12.0 Å². The monoisotopic (exact) mass is 490 g/mol. The molecule has 1 aliphatic heterocycles. The summed E-state index contributed by atoms with van der Waals surface area (Å²) >= 11 is 0. The molecule has 3 atom stereocenters. The standard InChI is InChI=1S/C27H27FN4O4/c1-14-12-17(5-7-20(14)28)30-26(35)32-27-13-19(27)24(27)16(3)21(33)8-4-15(2)36-22-10-11-29-25-18(22)6-9-23(34)31-25/h4-5,7-8,10-12,19,24,33H,3,6,9,13H2,1-2H3,(H,29,31,34)(H2,30,32,35)/b15-4+,21-8+/t19-,24+,27-/m0/s1. The number of pyridine rings is 1. The van der Waals surface area contributed by atoms with E-state index in [1.165, 1.54) is 18.2 Å². The number of halogens is 1. The molecule has 3 aliphatic rings. The maximum atomic E-state index is 13.4. The number of urea groups is 1. The summed E-state index contributed by atoms with van der Waals surface area (Å²) in [7, 11) is 0. The summed E-state index contributed by atoms with van der Waals surface area (Å²) in [5.41, 5.74) is 1.96. The van der Waals surface area contributed by atoms with E-state index in [0.29, 0.717) is 47.0 Å². The van der Waals surface area contributed by atoms with Gasteiger partial charge in [0.15, 0.2) is 0 Å². The van der Waals surface area contributed by atoms with Crippen molar-refractivity contribution in [2.45, 2.75) is 38.6 Å². The molecule has 2 aliphatic carbocycles. The van der Waals surface area contributed by atoms with Gasteiger partial charge in [-0.2, -0.15) is 0 Å². The Morgan fingerprint density at radius 2 is 2.14 bits per heavy atom. The van der Waals surface area contributed by atoms with Crippen LogP contribution in [0.5, 0.6) is 5.75 Å². The summed E-state index contributed by atoms with van der Waals surface area (Å²) in [5, 5.41) is 19.0. The Hall–Kier alpha value is -4.14. The molecule has 8 nitrogen and oxygen atoms in total. The Kier molecular flexibility index (Phi) is 5.78.